The molecule has 6 nitrogen and oxygen atoms in total. The van der Waals surface area contributed by atoms with Gasteiger partial charge in [0.25, 0.3) is 0 Å². The summed E-state index contributed by atoms with van der Waals surface area (Å²) in [5.41, 5.74) is 5.87. The zero-order chi connectivity index (χ0) is 14.8. The van der Waals surface area contributed by atoms with E-state index in [1.807, 2.05) is 6.92 Å². The first-order valence-corrected chi connectivity index (χ1v) is 8.73. The Labute approximate surface area is 120 Å². The molecule has 0 radical (unpaired) electrons. The van der Waals surface area contributed by atoms with Gasteiger partial charge in [-0.15, -0.1) is 0 Å². The van der Waals surface area contributed by atoms with Crippen molar-refractivity contribution in [1.82, 2.24) is 14.5 Å². The summed E-state index contributed by atoms with van der Waals surface area (Å²) in [4.78, 5) is 0.0940. The Morgan fingerprint density at radius 3 is 2.65 bits per heavy atom. The highest BCUT2D eigenvalue weighted by Gasteiger charge is 2.36. The number of hydrogen-bond acceptors (Lipinski definition) is 4. The Balaban J connectivity index is 2.10. The second kappa shape index (κ2) is 5.73. The minimum atomic E-state index is -3.57. The van der Waals surface area contributed by atoms with Gasteiger partial charge in [0.15, 0.2) is 5.82 Å². The number of nitrogens with one attached hydrogen (secondary N) is 1. The minimum absolute atomic E-state index is 0.0742. The standard InChI is InChI=1S/C13H24N4O2S/c1-3-8-17-9-11(12(14)16-17)20(18,19)15-10-13(4-2)6-5-7-13/h9,15H,3-8,10H2,1-2H3,(H2,14,16). The molecule has 0 unspecified atom stereocenters. The zero-order valence-corrected chi connectivity index (χ0v) is 13.0. The van der Waals surface area contributed by atoms with Crippen molar-refractivity contribution in [2.24, 2.45) is 5.41 Å². The smallest absolute Gasteiger partial charge is 0.245 e. The Bertz CT molecular complexity index is 555. The van der Waals surface area contributed by atoms with Crippen LogP contribution in [0.15, 0.2) is 11.1 Å². The molecule has 7 heteroatoms. The van der Waals surface area contributed by atoms with Crippen LogP contribution in [0.3, 0.4) is 0 Å². The minimum Gasteiger partial charge on any atom is -0.381 e. The van der Waals surface area contributed by atoms with Gasteiger partial charge in [-0.3, -0.25) is 4.68 Å². The molecule has 1 aromatic rings. The predicted molar refractivity (Wildman–Crippen MR) is 78.7 cm³/mol. The summed E-state index contributed by atoms with van der Waals surface area (Å²) in [6.07, 6.45) is 6.77. The van der Waals surface area contributed by atoms with Crippen LogP contribution in [0.5, 0.6) is 0 Å². The van der Waals surface area contributed by atoms with Crippen LogP contribution in [0.25, 0.3) is 0 Å². The Morgan fingerprint density at radius 2 is 2.15 bits per heavy atom. The van der Waals surface area contributed by atoms with Crippen LogP contribution in [0, 0.1) is 5.41 Å². The third kappa shape index (κ3) is 2.98. The van der Waals surface area contributed by atoms with E-state index < -0.39 is 10.0 Å². The first-order chi connectivity index (χ1) is 9.42. The fraction of sp³-hybridized carbons (Fsp3) is 0.769. The Morgan fingerprint density at radius 1 is 1.45 bits per heavy atom. The third-order valence-corrected chi connectivity index (χ3v) is 5.72. The lowest BCUT2D eigenvalue weighted by molar-refractivity contribution is 0.133. The average Bonchev–Trinajstić information content (AvgIpc) is 2.71. The first kappa shape index (κ1) is 15.3. The molecule has 2 rings (SSSR count). The highest BCUT2D eigenvalue weighted by molar-refractivity contribution is 7.89. The molecule has 20 heavy (non-hydrogen) atoms. The molecule has 1 heterocycles. The maximum Gasteiger partial charge on any atom is 0.245 e. The van der Waals surface area contributed by atoms with Gasteiger partial charge in [-0.1, -0.05) is 20.3 Å². The molecule has 114 valence electrons. The molecule has 0 aromatic carbocycles. The van der Waals surface area contributed by atoms with E-state index in [0.717, 1.165) is 25.7 Å². The molecule has 1 saturated carbocycles. The molecular formula is C13H24N4O2S. The van der Waals surface area contributed by atoms with E-state index in [1.54, 1.807) is 4.68 Å². The predicted octanol–water partition coefficient (Wildman–Crippen LogP) is 1.73. The number of nitrogens with zero attached hydrogens (tertiary/aromatic N) is 2. The molecule has 1 aliphatic rings. The summed E-state index contributed by atoms with van der Waals surface area (Å²) in [5.74, 6) is 0.0742. The normalized spacial score (nSPS) is 17.9. The summed E-state index contributed by atoms with van der Waals surface area (Å²) in [6.45, 7) is 5.27. The quantitative estimate of drug-likeness (QED) is 0.802. The lowest BCUT2D eigenvalue weighted by Gasteiger charge is -2.41. The Kier molecular flexibility index (Phi) is 4.39. The van der Waals surface area contributed by atoms with Gasteiger partial charge in [-0.2, -0.15) is 5.10 Å². The number of aryl methyl sites for hydroxylation is 1. The molecule has 0 amide bonds. The van der Waals surface area contributed by atoms with Gasteiger partial charge >= 0.3 is 0 Å². The van der Waals surface area contributed by atoms with Crippen LogP contribution in [0.4, 0.5) is 5.82 Å². The number of aromatic nitrogens is 2. The topological polar surface area (TPSA) is 90.0 Å². The highest BCUT2D eigenvalue weighted by atomic mass is 32.2. The number of sulfonamides is 1. The largest absolute Gasteiger partial charge is 0.381 e. The van der Waals surface area contributed by atoms with E-state index in [-0.39, 0.29) is 16.1 Å². The van der Waals surface area contributed by atoms with Crippen LogP contribution < -0.4 is 10.5 Å². The number of nitrogens with two attached hydrogens (primary N) is 1. The van der Waals surface area contributed by atoms with Crippen molar-refractivity contribution in [3.8, 4) is 0 Å². The number of anilines is 1. The zero-order valence-electron chi connectivity index (χ0n) is 12.2. The van der Waals surface area contributed by atoms with Crippen molar-refractivity contribution >= 4 is 15.8 Å². The fourth-order valence-corrected chi connectivity index (χ4v) is 3.85. The van der Waals surface area contributed by atoms with Gasteiger partial charge in [0.1, 0.15) is 4.90 Å². The Hall–Kier alpha value is -1.08. The SMILES string of the molecule is CCCn1cc(S(=O)(=O)NCC2(CC)CCC2)c(N)n1. The van der Waals surface area contributed by atoms with E-state index >= 15 is 0 Å². The maximum atomic E-state index is 12.3. The van der Waals surface area contributed by atoms with E-state index in [1.165, 1.54) is 12.6 Å². The summed E-state index contributed by atoms with van der Waals surface area (Å²) in [6, 6.07) is 0. The van der Waals surface area contributed by atoms with E-state index in [0.29, 0.717) is 13.1 Å². The molecular weight excluding hydrogens is 276 g/mol. The lowest BCUT2D eigenvalue weighted by atomic mass is 9.67. The van der Waals surface area contributed by atoms with Crippen molar-refractivity contribution in [2.45, 2.75) is 57.4 Å². The summed E-state index contributed by atoms with van der Waals surface area (Å²) >= 11 is 0. The molecule has 0 atom stereocenters. The number of nitrogen functional groups attached to an aromatic ring is 1. The van der Waals surface area contributed by atoms with Gasteiger partial charge in [-0.05, 0) is 31.1 Å². The van der Waals surface area contributed by atoms with Gasteiger partial charge < -0.3 is 5.73 Å². The molecule has 0 bridgehead atoms. The maximum absolute atomic E-state index is 12.3. The third-order valence-electron chi connectivity index (χ3n) is 4.30. The van der Waals surface area contributed by atoms with Crippen LogP contribution in [0.1, 0.15) is 46.0 Å². The molecule has 0 spiro atoms. The van der Waals surface area contributed by atoms with Crippen molar-refractivity contribution in [2.75, 3.05) is 12.3 Å². The first-order valence-electron chi connectivity index (χ1n) is 7.25. The van der Waals surface area contributed by atoms with E-state index in [4.69, 9.17) is 5.73 Å². The van der Waals surface area contributed by atoms with E-state index in [9.17, 15) is 8.42 Å². The second-order valence-corrected chi connectivity index (χ2v) is 7.41. The van der Waals surface area contributed by atoms with Gasteiger partial charge in [-0.25, -0.2) is 13.1 Å². The molecule has 1 aromatic heterocycles. The summed E-state index contributed by atoms with van der Waals surface area (Å²) in [7, 11) is -3.57. The van der Waals surface area contributed by atoms with Crippen molar-refractivity contribution in [3.63, 3.8) is 0 Å². The fourth-order valence-electron chi connectivity index (χ4n) is 2.63. The van der Waals surface area contributed by atoms with Gasteiger partial charge in [0.05, 0.1) is 0 Å². The van der Waals surface area contributed by atoms with E-state index in [2.05, 4.69) is 16.7 Å². The number of rotatable bonds is 7. The number of hydrogen-bond donors (Lipinski definition) is 2. The highest BCUT2D eigenvalue weighted by Crippen LogP contribution is 2.43. The average molecular weight is 300 g/mol. The summed E-state index contributed by atoms with van der Waals surface area (Å²) in [5, 5.41) is 4.04. The van der Waals surface area contributed by atoms with Crippen LogP contribution >= 0.6 is 0 Å². The monoisotopic (exact) mass is 300 g/mol. The van der Waals surface area contributed by atoms with Crippen molar-refractivity contribution < 1.29 is 8.42 Å². The summed E-state index contributed by atoms with van der Waals surface area (Å²) < 4.78 is 28.9. The van der Waals surface area contributed by atoms with Gasteiger partial charge in [0, 0.05) is 19.3 Å². The molecule has 3 N–H and O–H groups in total. The van der Waals surface area contributed by atoms with Crippen molar-refractivity contribution in [1.29, 1.82) is 0 Å². The second-order valence-electron chi connectivity index (χ2n) is 5.67. The van der Waals surface area contributed by atoms with Crippen LogP contribution in [-0.4, -0.2) is 24.7 Å². The van der Waals surface area contributed by atoms with Crippen molar-refractivity contribution in [3.05, 3.63) is 6.20 Å². The lowest BCUT2D eigenvalue weighted by Crippen LogP contribution is -2.41. The van der Waals surface area contributed by atoms with Crippen LogP contribution in [-0.2, 0) is 16.6 Å². The van der Waals surface area contributed by atoms with Gasteiger partial charge in [0.2, 0.25) is 10.0 Å². The van der Waals surface area contributed by atoms with Crippen LogP contribution in [0.2, 0.25) is 0 Å². The molecule has 0 aliphatic heterocycles. The molecule has 1 fully saturated rings. The molecule has 1 aliphatic carbocycles. The molecule has 0 saturated heterocycles.